The Kier molecular flexibility index (Phi) is 5.72. The zero-order valence-electron chi connectivity index (χ0n) is 18.1. The monoisotopic (exact) mass is 398 g/mol. The summed E-state index contributed by atoms with van der Waals surface area (Å²) in [5.41, 5.74) is 6.95. The summed E-state index contributed by atoms with van der Waals surface area (Å²) >= 11 is 0. The maximum Gasteiger partial charge on any atom is 0.248 e. The van der Waals surface area contributed by atoms with Crippen molar-refractivity contribution >= 4 is 12.3 Å². The number of fused-ring (bicyclic) bond motifs is 4. The number of aliphatic imine (C=N–C) groups is 1. The van der Waals surface area contributed by atoms with Gasteiger partial charge in [0.15, 0.2) is 0 Å². The number of hydrogen-bond acceptors (Lipinski definition) is 2. The topological polar surface area (TPSA) is 45.2 Å². The minimum Gasteiger partial charge on any atom is -0.326 e. The van der Waals surface area contributed by atoms with Gasteiger partial charge in [-0.25, -0.2) is 0 Å². The summed E-state index contributed by atoms with van der Waals surface area (Å²) in [5, 5.41) is 0. The first-order valence-corrected chi connectivity index (χ1v) is 10.9. The van der Waals surface area contributed by atoms with Crippen LogP contribution in [0.15, 0.2) is 75.6 Å². The zero-order chi connectivity index (χ0) is 21.1. The molecule has 0 saturated carbocycles. The van der Waals surface area contributed by atoms with Gasteiger partial charge in [0.05, 0.1) is 0 Å². The van der Waals surface area contributed by atoms with Gasteiger partial charge in [-0.15, -0.1) is 0 Å². The molecular weight excluding hydrogens is 368 g/mol. The molecule has 2 aromatic rings. The van der Waals surface area contributed by atoms with Gasteiger partial charge in [-0.2, -0.15) is 0 Å². The first-order chi connectivity index (χ1) is 14.6. The van der Waals surface area contributed by atoms with Gasteiger partial charge < -0.3 is 4.98 Å². The second-order valence-electron chi connectivity index (χ2n) is 8.45. The highest BCUT2D eigenvalue weighted by atomic mass is 16.1. The van der Waals surface area contributed by atoms with E-state index in [9.17, 15) is 4.79 Å². The van der Waals surface area contributed by atoms with Crippen molar-refractivity contribution in [1.82, 2.24) is 4.98 Å². The Hall–Kier alpha value is -2.94. The molecule has 0 unspecified atom stereocenters. The molecule has 3 nitrogen and oxygen atoms in total. The highest BCUT2D eigenvalue weighted by Gasteiger charge is 2.46. The van der Waals surface area contributed by atoms with Crippen molar-refractivity contribution in [2.45, 2.75) is 52.0 Å². The SMILES string of the molecule is CC=C1[C@H]2C=C(C)C[C@]1(N=CC=Cc1cccc(CCC)c1)c1ccc(=O)[nH]c1C2. The van der Waals surface area contributed by atoms with Crippen LogP contribution < -0.4 is 5.56 Å². The van der Waals surface area contributed by atoms with Crippen LogP contribution in [0.25, 0.3) is 6.08 Å². The fraction of sp³-hybridized carbons (Fsp3) is 0.333. The number of hydrogen-bond donors (Lipinski definition) is 1. The van der Waals surface area contributed by atoms with Crippen molar-refractivity contribution in [2.75, 3.05) is 0 Å². The number of H-pyrrole nitrogens is 1. The molecule has 154 valence electrons. The van der Waals surface area contributed by atoms with Crippen LogP contribution in [-0.4, -0.2) is 11.2 Å². The van der Waals surface area contributed by atoms with E-state index >= 15 is 0 Å². The molecular formula is C27H30N2O. The van der Waals surface area contributed by atoms with Gasteiger partial charge in [0.2, 0.25) is 5.56 Å². The van der Waals surface area contributed by atoms with E-state index in [0.29, 0.717) is 5.92 Å². The second-order valence-corrected chi connectivity index (χ2v) is 8.45. The Morgan fingerprint density at radius 3 is 2.93 bits per heavy atom. The molecule has 1 heterocycles. The van der Waals surface area contributed by atoms with Crippen LogP contribution in [0.2, 0.25) is 0 Å². The van der Waals surface area contributed by atoms with Crippen LogP contribution in [-0.2, 0) is 18.4 Å². The molecule has 3 heteroatoms. The van der Waals surface area contributed by atoms with Gasteiger partial charge >= 0.3 is 0 Å². The van der Waals surface area contributed by atoms with Crippen molar-refractivity contribution in [1.29, 1.82) is 0 Å². The molecule has 30 heavy (non-hydrogen) atoms. The van der Waals surface area contributed by atoms with E-state index in [1.54, 1.807) is 6.07 Å². The van der Waals surface area contributed by atoms with E-state index < -0.39 is 5.54 Å². The smallest absolute Gasteiger partial charge is 0.248 e. The molecule has 2 bridgehead atoms. The third-order valence-electron chi connectivity index (χ3n) is 6.24. The van der Waals surface area contributed by atoms with Crippen LogP contribution in [0.3, 0.4) is 0 Å². The first kappa shape index (κ1) is 20.3. The standard InChI is InChI=1S/C27H30N2O/c1-4-8-20-9-6-10-21(16-20)11-7-14-28-27-18-19(3)15-22(23(27)5-2)17-25-24(27)12-13-26(30)29-25/h5-7,9-16,22H,4,8,17-18H2,1-3H3,(H,29,30)/t22-,27+/m0/s1. The van der Waals surface area contributed by atoms with Crippen molar-refractivity contribution < 1.29 is 0 Å². The van der Waals surface area contributed by atoms with E-state index in [2.05, 4.69) is 68.2 Å². The molecule has 2 aliphatic rings. The average molecular weight is 399 g/mol. The summed E-state index contributed by atoms with van der Waals surface area (Å²) < 4.78 is 0. The molecule has 4 rings (SSSR count). The lowest BCUT2D eigenvalue weighted by atomic mass is 9.63. The largest absolute Gasteiger partial charge is 0.326 e. The van der Waals surface area contributed by atoms with Crippen molar-refractivity contribution in [3.8, 4) is 0 Å². The van der Waals surface area contributed by atoms with Crippen LogP contribution in [0, 0.1) is 5.92 Å². The molecule has 1 aromatic carbocycles. The van der Waals surface area contributed by atoms with Gasteiger partial charge in [-0.3, -0.25) is 9.79 Å². The fourth-order valence-corrected chi connectivity index (χ4v) is 5.12. The Morgan fingerprint density at radius 2 is 2.13 bits per heavy atom. The van der Waals surface area contributed by atoms with Gasteiger partial charge in [0.25, 0.3) is 0 Å². The van der Waals surface area contributed by atoms with E-state index in [0.717, 1.165) is 36.9 Å². The molecule has 0 radical (unpaired) electrons. The molecule has 2 atom stereocenters. The lowest BCUT2D eigenvalue weighted by Gasteiger charge is -2.45. The van der Waals surface area contributed by atoms with E-state index in [1.807, 2.05) is 18.4 Å². The molecule has 1 aromatic heterocycles. The number of benzene rings is 1. The van der Waals surface area contributed by atoms with Gasteiger partial charge in [-0.1, -0.05) is 61.4 Å². The number of aromatic amines is 1. The zero-order valence-corrected chi connectivity index (χ0v) is 18.1. The molecule has 0 amide bonds. The molecule has 0 fully saturated rings. The number of rotatable bonds is 5. The summed E-state index contributed by atoms with van der Waals surface area (Å²) in [6.07, 6.45) is 14.6. The second kappa shape index (κ2) is 8.43. The number of nitrogens with zero attached hydrogens (tertiary/aromatic N) is 1. The summed E-state index contributed by atoms with van der Waals surface area (Å²) in [6, 6.07) is 12.3. The third-order valence-corrected chi connectivity index (χ3v) is 6.24. The number of allylic oxidation sites excluding steroid dienone is 3. The fourth-order valence-electron chi connectivity index (χ4n) is 5.12. The number of aryl methyl sites for hydroxylation is 1. The van der Waals surface area contributed by atoms with Gasteiger partial charge in [0, 0.05) is 35.9 Å². The number of aromatic nitrogens is 1. The first-order valence-electron chi connectivity index (χ1n) is 10.9. The van der Waals surface area contributed by atoms with Crippen LogP contribution in [0.4, 0.5) is 0 Å². The quantitative estimate of drug-likeness (QED) is 0.504. The Labute approximate surface area is 179 Å². The summed E-state index contributed by atoms with van der Waals surface area (Å²) in [5.74, 6) is 0.293. The van der Waals surface area contributed by atoms with Gasteiger partial charge in [-0.05, 0) is 55.5 Å². The summed E-state index contributed by atoms with van der Waals surface area (Å²) in [7, 11) is 0. The van der Waals surface area contributed by atoms with E-state index in [4.69, 9.17) is 4.99 Å². The molecule has 1 N–H and O–H groups in total. The third kappa shape index (κ3) is 3.77. The van der Waals surface area contributed by atoms with Gasteiger partial charge in [0.1, 0.15) is 5.54 Å². The minimum absolute atomic E-state index is 0.0394. The molecule has 0 saturated heterocycles. The minimum atomic E-state index is -0.426. The van der Waals surface area contributed by atoms with E-state index in [-0.39, 0.29) is 5.56 Å². The predicted molar refractivity (Wildman–Crippen MR) is 126 cm³/mol. The van der Waals surface area contributed by atoms with Crippen LogP contribution >= 0.6 is 0 Å². The van der Waals surface area contributed by atoms with Crippen molar-refractivity contribution in [3.63, 3.8) is 0 Å². The summed E-state index contributed by atoms with van der Waals surface area (Å²) in [6.45, 7) is 6.50. The molecule has 0 spiro atoms. The molecule has 0 aliphatic heterocycles. The molecule has 2 aliphatic carbocycles. The summed E-state index contributed by atoms with van der Waals surface area (Å²) in [4.78, 5) is 20.1. The lowest BCUT2D eigenvalue weighted by Crippen LogP contribution is -2.40. The lowest BCUT2D eigenvalue weighted by molar-refractivity contribution is 0.413. The predicted octanol–water partition coefficient (Wildman–Crippen LogP) is 5.78. The maximum absolute atomic E-state index is 11.9. The Morgan fingerprint density at radius 1 is 1.27 bits per heavy atom. The maximum atomic E-state index is 11.9. The number of nitrogens with one attached hydrogen (secondary N) is 1. The Balaban J connectivity index is 1.71. The van der Waals surface area contributed by atoms with Crippen molar-refractivity contribution in [2.24, 2.45) is 10.9 Å². The van der Waals surface area contributed by atoms with Crippen LogP contribution in [0.5, 0.6) is 0 Å². The Bertz CT molecular complexity index is 1120. The highest BCUT2D eigenvalue weighted by Crippen LogP contribution is 2.51. The van der Waals surface area contributed by atoms with E-state index in [1.165, 1.54) is 22.3 Å². The normalized spacial score (nSPS) is 24.4. The van der Waals surface area contributed by atoms with Crippen molar-refractivity contribution in [3.05, 3.63) is 98.5 Å². The highest BCUT2D eigenvalue weighted by molar-refractivity contribution is 5.79. The van der Waals surface area contributed by atoms with Crippen LogP contribution in [0.1, 0.15) is 56.0 Å². The number of pyridine rings is 1. The average Bonchev–Trinajstić information content (AvgIpc) is 2.71.